The zero-order valence-corrected chi connectivity index (χ0v) is 13.4. The number of fused-ring (bicyclic) bond motifs is 1. The molecule has 3 unspecified atom stereocenters. The van der Waals surface area contributed by atoms with Gasteiger partial charge in [0.2, 0.25) is 0 Å². The van der Waals surface area contributed by atoms with E-state index >= 15 is 0 Å². The number of nitrogens with zero attached hydrogens (tertiary/aromatic N) is 1. The van der Waals surface area contributed by atoms with Crippen LogP contribution in [0.4, 0.5) is 36.4 Å². The van der Waals surface area contributed by atoms with Gasteiger partial charge in [-0.1, -0.05) is 0 Å². The Morgan fingerprint density at radius 2 is 1.79 bits per heavy atom. The minimum Gasteiger partial charge on any atom is -0.382 e. The molecule has 1 aromatic rings. The largest absolute Gasteiger partial charge is 0.417 e. The van der Waals surface area contributed by atoms with Crippen molar-refractivity contribution in [2.75, 3.05) is 11.4 Å². The Morgan fingerprint density at radius 1 is 1.17 bits per heavy atom. The van der Waals surface area contributed by atoms with Gasteiger partial charge in [-0.15, -0.1) is 0 Å². The molecule has 1 saturated carbocycles. The normalized spacial score (nSPS) is 28.0. The number of anilines is 1. The number of alkyl halides is 6. The maximum absolute atomic E-state index is 13.8. The topological polar surface area (TPSA) is 23.5 Å². The van der Waals surface area contributed by atoms with Gasteiger partial charge < -0.3 is 10.0 Å². The summed E-state index contributed by atoms with van der Waals surface area (Å²) in [6, 6.07) is -0.0505. The van der Waals surface area contributed by atoms with Crippen molar-refractivity contribution >= 4 is 21.6 Å². The average Bonchev–Trinajstić information content (AvgIpc) is 3.09. The summed E-state index contributed by atoms with van der Waals surface area (Å²) >= 11 is 2.51. The van der Waals surface area contributed by atoms with Crippen LogP contribution in [0.15, 0.2) is 16.6 Å². The molecule has 1 aliphatic heterocycles. The van der Waals surface area contributed by atoms with E-state index in [0.29, 0.717) is 12.5 Å². The molecule has 1 aromatic carbocycles. The van der Waals surface area contributed by atoms with Crippen LogP contribution in [0.3, 0.4) is 0 Å². The third-order valence-corrected chi connectivity index (χ3v) is 5.32. The van der Waals surface area contributed by atoms with Gasteiger partial charge in [-0.3, -0.25) is 0 Å². The fourth-order valence-corrected chi connectivity index (χ4v) is 3.78. The molecule has 10 heteroatoms. The van der Waals surface area contributed by atoms with Crippen LogP contribution in [-0.2, 0) is 6.18 Å². The molecular formula is C14H11BrF7NO. The van der Waals surface area contributed by atoms with Gasteiger partial charge in [-0.25, -0.2) is 4.39 Å². The Labute approximate surface area is 140 Å². The lowest BCUT2D eigenvalue weighted by atomic mass is 10.0. The summed E-state index contributed by atoms with van der Waals surface area (Å²) < 4.78 is 90.6. The van der Waals surface area contributed by atoms with E-state index in [1.165, 1.54) is 0 Å². The lowest BCUT2D eigenvalue weighted by molar-refractivity contribution is -0.210. The molecular weight excluding hydrogens is 411 g/mol. The summed E-state index contributed by atoms with van der Waals surface area (Å²) in [7, 11) is 0. The molecule has 0 amide bonds. The van der Waals surface area contributed by atoms with Crippen molar-refractivity contribution in [3.8, 4) is 0 Å². The van der Waals surface area contributed by atoms with Crippen molar-refractivity contribution in [2.24, 2.45) is 11.8 Å². The predicted octanol–water partition coefficient (Wildman–Crippen LogP) is 4.35. The number of aliphatic hydroxyl groups is 1. The molecule has 1 aliphatic carbocycles. The summed E-state index contributed by atoms with van der Waals surface area (Å²) in [5, 5.41) is 9.58. The second-order valence-electron chi connectivity index (χ2n) is 6.08. The van der Waals surface area contributed by atoms with E-state index < -0.39 is 46.3 Å². The maximum atomic E-state index is 13.8. The minimum absolute atomic E-state index is 0.0564. The summed E-state index contributed by atoms with van der Waals surface area (Å²) in [6.45, 7) is 0.0564. The van der Waals surface area contributed by atoms with E-state index in [-0.39, 0.29) is 18.2 Å². The second kappa shape index (κ2) is 5.48. The Kier molecular flexibility index (Phi) is 4.06. The zero-order valence-electron chi connectivity index (χ0n) is 11.8. The number of benzene rings is 1. The molecule has 1 heterocycles. The van der Waals surface area contributed by atoms with Gasteiger partial charge in [0.05, 0.1) is 16.1 Å². The fourth-order valence-electron chi connectivity index (χ4n) is 3.33. The number of rotatable bonds is 2. The molecule has 0 aromatic heterocycles. The van der Waals surface area contributed by atoms with Crippen molar-refractivity contribution in [1.82, 2.24) is 0 Å². The summed E-state index contributed by atoms with van der Waals surface area (Å²) in [5.74, 6) is -1.81. The van der Waals surface area contributed by atoms with Gasteiger partial charge in [0, 0.05) is 12.2 Å². The molecule has 0 bridgehead atoms. The van der Waals surface area contributed by atoms with Gasteiger partial charge >= 0.3 is 12.4 Å². The van der Waals surface area contributed by atoms with Crippen LogP contribution in [0.2, 0.25) is 0 Å². The quantitative estimate of drug-likeness (QED) is 0.717. The molecule has 1 saturated heterocycles. The van der Waals surface area contributed by atoms with E-state index in [1.54, 1.807) is 0 Å². The van der Waals surface area contributed by atoms with E-state index in [2.05, 4.69) is 15.9 Å². The standard InChI is InChI=1S/C14H11BrF7NO/c15-10-8(13(17,18)19)2-6(3-9(10)16)23-4-5-1-7(5)11(23)12(24)14(20,21)22/h2-3,5,7,11-12,24H,1,4H2/t5?,7?,11-,12?/m1/s1. The Hall–Kier alpha value is -1.03. The smallest absolute Gasteiger partial charge is 0.382 e. The molecule has 4 atom stereocenters. The van der Waals surface area contributed by atoms with Crippen LogP contribution in [-0.4, -0.2) is 30.0 Å². The van der Waals surface area contributed by atoms with E-state index in [0.717, 1.165) is 11.0 Å². The Morgan fingerprint density at radius 3 is 2.33 bits per heavy atom. The van der Waals surface area contributed by atoms with E-state index in [4.69, 9.17) is 0 Å². The molecule has 0 spiro atoms. The van der Waals surface area contributed by atoms with Crippen LogP contribution in [0, 0.1) is 17.7 Å². The van der Waals surface area contributed by atoms with Crippen molar-refractivity contribution < 1.29 is 35.8 Å². The highest BCUT2D eigenvalue weighted by Gasteiger charge is 2.60. The third-order valence-electron chi connectivity index (χ3n) is 4.52. The van der Waals surface area contributed by atoms with Crippen molar-refractivity contribution in [1.29, 1.82) is 0 Å². The van der Waals surface area contributed by atoms with Gasteiger partial charge in [0.25, 0.3) is 0 Å². The highest BCUT2D eigenvalue weighted by molar-refractivity contribution is 9.10. The predicted molar refractivity (Wildman–Crippen MR) is 73.9 cm³/mol. The molecule has 2 aliphatic rings. The fraction of sp³-hybridized carbons (Fsp3) is 0.571. The van der Waals surface area contributed by atoms with Gasteiger partial charge in [0.15, 0.2) is 6.10 Å². The molecule has 134 valence electrons. The first-order chi connectivity index (χ1) is 10.9. The van der Waals surface area contributed by atoms with Crippen LogP contribution < -0.4 is 4.90 Å². The maximum Gasteiger partial charge on any atom is 0.417 e. The average molecular weight is 422 g/mol. The van der Waals surface area contributed by atoms with Gasteiger partial charge in [-0.2, -0.15) is 26.3 Å². The molecule has 24 heavy (non-hydrogen) atoms. The van der Waals surface area contributed by atoms with Crippen LogP contribution >= 0.6 is 15.9 Å². The van der Waals surface area contributed by atoms with Crippen LogP contribution in [0.5, 0.6) is 0 Å². The summed E-state index contributed by atoms with van der Waals surface area (Å²) in [5.41, 5.74) is -1.62. The summed E-state index contributed by atoms with van der Waals surface area (Å²) in [6.07, 6.45) is -12.0. The number of aliphatic hydroxyl groups excluding tert-OH is 1. The molecule has 2 nitrogen and oxygen atoms in total. The summed E-state index contributed by atoms with van der Waals surface area (Å²) in [4.78, 5) is 1.03. The van der Waals surface area contributed by atoms with Crippen molar-refractivity contribution in [2.45, 2.75) is 30.9 Å². The van der Waals surface area contributed by atoms with E-state index in [1.807, 2.05) is 0 Å². The zero-order chi connectivity index (χ0) is 18.0. The number of hydrogen-bond acceptors (Lipinski definition) is 2. The first-order valence-electron chi connectivity index (χ1n) is 6.99. The molecule has 2 fully saturated rings. The Bertz CT molecular complexity index is 660. The molecule has 3 rings (SSSR count). The van der Waals surface area contributed by atoms with Crippen LogP contribution in [0.25, 0.3) is 0 Å². The van der Waals surface area contributed by atoms with Gasteiger partial charge in [-0.05, 0) is 46.3 Å². The number of halogens is 8. The minimum atomic E-state index is -4.90. The highest BCUT2D eigenvalue weighted by atomic mass is 79.9. The number of piperidine rings is 1. The van der Waals surface area contributed by atoms with Crippen molar-refractivity contribution in [3.05, 3.63) is 28.0 Å². The van der Waals surface area contributed by atoms with Crippen LogP contribution in [0.1, 0.15) is 12.0 Å². The lowest BCUT2D eigenvalue weighted by Crippen LogP contribution is -2.49. The monoisotopic (exact) mass is 421 g/mol. The molecule has 1 N–H and O–H groups in total. The first kappa shape index (κ1) is 17.8. The SMILES string of the molecule is OC([C@H]1C2CC2CN1c1cc(F)c(Br)c(C(F)(F)F)c1)C(F)(F)F. The third kappa shape index (κ3) is 2.98. The van der Waals surface area contributed by atoms with E-state index in [9.17, 15) is 35.8 Å². The molecule has 0 radical (unpaired) electrons. The Balaban J connectivity index is 2.01. The lowest BCUT2D eigenvalue weighted by Gasteiger charge is -2.34. The highest BCUT2D eigenvalue weighted by Crippen LogP contribution is 2.54. The van der Waals surface area contributed by atoms with Gasteiger partial charge in [0.1, 0.15) is 5.82 Å². The first-order valence-corrected chi connectivity index (χ1v) is 7.78. The number of hydrogen-bond donors (Lipinski definition) is 1. The van der Waals surface area contributed by atoms with Crippen molar-refractivity contribution in [3.63, 3.8) is 0 Å². The second-order valence-corrected chi connectivity index (χ2v) is 6.87.